The van der Waals surface area contributed by atoms with Gasteiger partial charge in [-0.3, -0.25) is 4.79 Å². The average molecular weight is 276 g/mol. The molecule has 20 heavy (non-hydrogen) atoms. The van der Waals surface area contributed by atoms with Gasteiger partial charge in [-0.15, -0.1) is 0 Å². The van der Waals surface area contributed by atoms with Crippen molar-refractivity contribution >= 4 is 5.91 Å². The van der Waals surface area contributed by atoms with E-state index in [0.29, 0.717) is 19.0 Å². The van der Waals surface area contributed by atoms with E-state index in [1.165, 1.54) is 5.56 Å². The minimum absolute atomic E-state index is 0.0470. The number of amides is 1. The van der Waals surface area contributed by atoms with Crippen LogP contribution in [0.5, 0.6) is 0 Å². The number of ether oxygens (including phenoxy) is 1. The van der Waals surface area contributed by atoms with E-state index in [2.05, 4.69) is 29.7 Å². The number of benzene rings is 1. The predicted molar refractivity (Wildman–Crippen MR) is 79.7 cm³/mol. The Morgan fingerprint density at radius 3 is 2.90 bits per heavy atom. The molecule has 110 valence electrons. The number of carbonyl (C=O) groups is 1. The first-order chi connectivity index (χ1) is 9.75. The zero-order valence-corrected chi connectivity index (χ0v) is 12.1. The summed E-state index contributed by atoms with van der Waals surface area (Å²) in [4.78, 5) is 11.7. The van der Waals surface area contributed by atoms with E-state index in [-0.39, 0.29) is 12.0 Å². The summed E-state index contributed by atoms with van der Waals surface area (Å²) in [6.45, 7) is 4.77. The summed E-state index contributed by atoms with van der Waals surface area (Å²) in [6, 6.07) is 10.2. The summed E-state index contributed by atoms with van der Waals surface area (Å²) in [5.74, 6) is 0.379. The molecule has 4 heteroatoms. The van der Waals surface area contributed by atoms with Crippen LogP contribution in [0, 0.1) is 0 Å². The molecule has 1 aromatic rings. The molecule has 2 rings (SSSR count). The Kier molecular flexibility index (Phi) is 6.02. The number of nitrogens with one attached hydrogen (secondary N) is 2. The van der Waals surface area contributed by atoms with Crippen LogP contribution >= 0.6 is 0 Å². The fraction of sp³-hybridized carbons (Fsp3) is 0.562. The number of carbonyl (C=O) groups excluding carboxylic acids is 1. The van der Waals surface area contributed by atoms with Crippen molar-refractivity contribution in [3.63, 3.8) is 0 Å². The van der Waals surface area contributed by atoms with Crippen LogP contribution in [-0.4, -0.2) is 38.3 Å². The molecule has 0 aromatic heterocycles. The van der Waals surface area contributed by atoms with E-state index >= 15 is 0 Å². The molecule has 1 saturated heterocycles. The Morgan fingerprint density at radius 2 is 2.20 bits per heavy atom. The van der Waals surface area contributed by atoms with E-state index in [1.807, 2.05) is 18.2 Å². The Bertz CT molecular complexity index is 402. The molecule has 2 N–H and O–H groups in total. The van der Waals surface area contributed by atoms with Gasteiger partial charge in [-0.1, -0.05) is 37.3 Å². The van der Waals surface area contributed by atoms with Crippen molar-refractivity contribution in [3.8, 4) is 0 Å². The van der Waals surface area contributed by atoms with Crippen LogP contribution in [-0.2, 0) is 9.53 Å². The molecular weight excluding hydrogens is 252 g/mol. The van der Waals surface area contributed by atoms with E-state index in [9.17, 15) is 4.79 Å². The Morgan fingerprint density at radius 1 is 1.40 bits per heavy atom. The van der Waals surface area contributed by atoms with Crippen molar-refractivity contribution in [1.29, 1.82) is 0 Å². The Labute approximate surface area is 120 Å². The van der Waals surface area contributed by atoms with Gasteiger partial charge in [-0.05, 0) is 24.3 Å². The first-order valence-corrected chi connectivity index (χ1v) is 7.39. The normalized spacial score (nSPS) is 19.8. The third-order valence-corrected chi connectivity index (χ3v) is 3.66. The van der Waals surface area contributed by atoms with Crippen molar-refractivity contribution in [1.82, 2.24) is 10.6 Å². The fourth-order valence-electron chi connectivity index (χ4n) is 2.38. The summed E-state index contributed by atoms with van der Waals surface area (Å²) < 4.78 is 5.50. The van der Waals surface area contributed by atoms with Crippen LogP contribution in [0.1, 0.15) is 31.2 Å². The molecule has 1 amide bonds. The minimum atomic E-state index is 0.0470. The van der Waals surface area contributed by atoms with Crippen LogP contribution in [0.3, 0.4) is 0 Å². The summed E-state index contributed by atoms with van der Waals surface area (Å²) >= 11 is 0. The van der Waals surface area contributed by atoms with Gasteiger partial charge in [0.1, 0.15) is 0 Å². The third-order valence-electron chi connectivity index (χ3n) is 3.66. The SMILES string of the molecule is CC(CNC(=O)CNCC1CCCO1)c1ccccc1. The molecular formula is C16H24N2O2. The van der Waals surface area contributed by atoms with Gasteiger partial charge in [-0.2, -0.15) is 0 Å². The Balaban J connectivity index is 1.59. The molecule has 1 fully saturated rings. The number of rotatable bonds is 7. The highest BCUT2D eigenvalue weighted by Gasteiger charge is 2.15. The Hall–Kier alpha value is -1.39. The molecule has 2 unspecified atom stereocenters. The summed E-state index contributed by atoms with van der Waals surface area (Å²) in [5.41, 5.74) is 1.25. The highest BCUT2D eigenvalue weighted by atomic mass is 16.5. The summed E-state index contributed by atoms with van der Waals surface area (Å²) in [5, 5.41) is 6.12. The zero-order valence-electron chi connectivity index (χ0n) is 12.1. The van der Waals surface area contributed by atoms with E-state index in [1.54, 1.807) is 0 Å². The lowest BCUT2D eigenvalue weighted by molar-refractivity contribution is -0.120. The van der Waals surface area contributed by atoms with Crippen molar-refractivity contribution in [2.75, 3.05) is 26.2 Å². The van der Waals surface area contributed by atoms with Crippen LogP contribution in [0.15, 0.2) is 30.3 Å². The lowest BCUT2D eigenvalue weighted by atomic mass is 10.0. The smallest absolute Gasteiger partial charge is 0.233 e. The molecule has 4 nitrogen and oxygen atoms in total. The van der Waals surface area contributed by atoms with Gasteiger partial charge in [0.2, 0.25) is 5.91 Å². The minimum Gasteiger partial charge on any atom is -0.377 e. The molecule has 0 bridgehead atoms. The maximum Gasteiger partial charge on any atom is 0.233 e. The topological polar surface area (TPSA) is 50.4 Å². The quantitative estimate of drug-likeness (QED) is 0.796. The van der Waals surface area contributed by atoms with Crippen molar-refractivity contribution in [2.24, 2.45) is 0 Å². The van der Waals surface area contributed by atoms with Crippen molar-refractivity contribution < 1.29 is 9.53 Å². The highest BCUT2D eigenvalue weighted by molar-refractivity contribution is 5.78. The van der Waals surface area contributed by atoms with Gasteiger partial charge in [0.25, 0.3) is 0 Å². The van der Waals surface area contributed by atoms with Gasteiger partial charge in [0.15, 0.2) is 0 Å². The second-order valence-corrected chi connectivity index (χ2v) is 5.38. The van der Waals surface area contributed by atoms with E-state index in [4.69, 9.17) is 4.74 Å². The lowest BCUT2D eigenvalue weighted by Gasteiger charge is -2.14. The highest BCUT2D eigenvalue weighted by Crippen LogP contribution is 2.13. The number of hydrogen-bond donors (Lipinski definition) is 2. The van der Waals surface area contributed by atoms with Gasteiger partial charge < -0.3 is 15.4 Å². The van der Waals surface area contributed by atoms with E-state index in [0.717, 1.165) is 26.0 Å². The standard InChI is InChI=1S/C16H24N2O2/c1-13(14-6-3-2-4-7-14)10-18-16(19)12-17-11-15-8-5-9-20-15/h2-4,6-7,13,15,17H,5,8-12H2,1H3,(H,18,19). The molecule has 0 aliphatic carbocycles. The fourth-order valence-corrected chi connectivity index (χ4v) is 2.38. The molecule has 1 aromatic carbocycles. The maximum absolute atomic E-state index is 11.7. The second-order valence-electron chi connectivity index (χ2n) is 5.38. The average Bonchev–Trinajstić information content (AvgIpc) is 2.99. The first-order valence-electron chi connectivity index (χ1n) is 7.39. The van der Waals surface area contributed by atoms with Crippen LogP contribution in [0.2, 0.25) is 0 Å². The lowest BCUT2D eigenvalue weighted by Crippen LogP contribution is -2.38. The molecule has 1 aliphatic rings. The second kappa shape index (κ2) is 8.02. The van der Waals surface area contributed by atoms with E-state index < -0.39 is 0 Å². The van der Waals surface area contributed by atoms with Crippen molar-refractivity contribution in [3.05, 3.63) is 35.9 Å². The zero-order chi connectivity index (χ0) is 14.2. The molecule has 0 saturated carbocycles. The summed E-state index contributed by atoms with van der Waals surface area (Å²) in [7, 11) is 0. The molecule has 1 aliphatic heterocycles. The molecule has 0 spiro atoms. The van der Waals surface area contributed by atoms with Gasteiger partial charge in [0.05, 0.1) is 12.6 Å². The van der Waals surface area contributed by atoms with Crippen LogP contribution < -0.4 is 10.6 Å². The molecule has 2 atom stereocenters. The van der Waals surface area contributed by atoms with Crippen LogP contribution in [0.4, 0.5) is 0 Å². The van der Waals surface area contributed by atoms with Crippen LogP contribution in [0.25, 0.3) is 0 Å². The van der Waals surface area contributed by atoms with Gasteiger partial charge >= 0.3 is 0 Å². The largest absolute Gasteiger partial charge is 0.377 e. The monoisotopic (exact) mass is 276 g/mol. The van der Waals surface area contributed by atoms with Gasteiger partial charge in [-0.25, -0.2) is 0 Å². The van der Waals surface area contributed by atoms with Crippen molar-refractivity contribution in [2.45, 2.75) is 31.8 Å². The molecule has 1 heterocycles. The van der Waals surface area contributed by atoms with Gasteiger partial charge in [0, 0.05) is 19.7 Å². The number of hydrogen-bond acceptors (Lipinski definition) is 3. The predicted octanol–water partition coefficient (Wildman–Crippen LogP) is 1.67. The maximum atomic E-state index is 11.7. The third kappa shape index (κ3) is 4.94. The summed E-state index contributed by atoms with van der Waals surface area (Å²) in [6.07, 6.45) is 2.51. The first kappa shape index (κ1) is 15.0. The molecule has 0 radical (unpaired) electrons.